The van der Waals surface area contributed by atoms with Crippen molar-refractivity contribution in [1.82, 2.24) is 17.8 Å². The minimum atomic E-state index is -3.81. The SMILES string of the molecule is C[C@H]1CN(S(=O)(=O)c2ccc(N(C)C)cc2)CCCN(CC2CCCCC2)CCCN(S(=O)(=O)N2CCN(c3cccc(F)c3)CC2)C1. The van der Waals surface area contributed by atoms with Crippen LogP contribution in [0.15, 0.2) is 53.4 Å². The lowest BCUT2D eigenvalue weighted by Crippen LogP contribution is -2.54. The molecule has 2 aliphatic heterocycles. The van der Waals surface area contributed by atoms with Gasteiger partial charge in [0, 0.05) is 84.4 Å². The summed E-state index contributed by atoms with van der Waals surface area (Å²) in [5.74, 6) is 0.105. The molecule has 0 aromatic heterocycles. The highest BCUT2D eigenvalue weighted by molar-refractivity contribution is 7.89. The summed E-state index contributed by atoms with van der Waals surface area (Å²) in [4.78, 5) is 6.66. The maximum absolute atomic E-state index is 14.2. The van der Waals surface area contributed by atoms with Crippen LogP contribution in [0.1, 0.15) is 51.9 Å². The lowest BCUT2D eigenvalue weighted by molar-refractivity contribution is 0.179. The highest BCUT2D eigenvalue weighted by atomic mass is 32.2. The Labute approximate surface area is 288 Å². The number of piperazine rings is 1. The summed E-state index contributed by atoms with van der Waals surface area (Å²) in [6, 6.07) is 13.4. The summed E-state index contributed by atoms with van der Waals surface area (Å²) in [6.45, 7) is 7.29. The van der Waals surface area contributed by atoms with E-state index in [2.05, 4.69) is 4.90 Å². The summed E-state index contributed by atoms with van der Waals surface area (Å²) in [6.07, 6.45) is 7.70. The largest absolute Gasteiger partial charge is 0.378 e. The van der Waals surface area contributed by atoms with E-state index >= 15 is 0 Å². The molecule has 0 spiro atoms. The van der Waals surface area contributed by atoms with Crippen molar-refractivity contribution in [2.45, 2.75) is 56.8 Å². The van der Waals surface area contributed by atoms with Gasteiger partial charge in [-0.05, 0) is 93.1 Å². The summed E-state index contributed by atoms with van der Waals surface area (Å²) in [7, 11) is -3.76. The molecule has 2 aromatic carbocycles. The van der Waals surface area contributed by atoms with Crippen molar-refractivity contribution in [3.05, 3.63) is 54.3 Å². The maximum Gasteiger partial charge on any atom is 0.282 e. The maximum atomic E-state index is 14.2. The van der Waals surface area contributed by atoms with Gasteiger partial charge in [-0.3, -0.25) is 0 Å². The molecule has 2 heterocycles. The van der Waals surface area contributed by atoms with Crippen LogP contribution in [0.4, 0.5) is 15.8 Å². The zero-order valence-corrected chi connectivity index (χ0v) is 30.6. The number of nitrogens with zero attached hydrogens (tertiary/aromatic N) is 6. The van der Waals surface area contributed by atoms with Gasteiger partial charge in [0.05, 0.1) is 4.90 Å². The van der Waals surface area contributed by atoms with E-state index in [1.54, 1.807) is 31.1 Å². The molecule has 0 amide bonds. The third-order valence-electron chi connectivity index (χ3n) is 10.1. The predicted octanol–water partition coefficient (Wildman–Crippen LogP) is 4.56. The first-order chi connectivity index (χ1) is 22.9. The average molecular weight is 707 g/mol. The lowest BCUT2D eigenvalue weighted by atomic mass is 9.89. The third kappa shape index (κ3) is 9.48. The van der Waals surface area contributed by atoms with Crippen LogP contribution in [0.3, 0.4) is 0 Å². The normalized spacial score (nSPS) is 23.0. The van der Waals surface area contributed by atoms with E-state index in [0.717, 1.165) is 43.9 Å². The third-order valence-corrected chi connectivity index (χ3v) is 14.0. The second kappa shape index (κ2) is 16.6. The molecule has 3 aliphatic rings. The Kier molecular flexibility index (Phi) is 12.8. The smallest absolute Gasteiger partial charge is 0.282 e. The van der Waals surface area contributed by atoms with E-state index in [-0.39, 0.29) is 29.7 Å². The van der Waals surface area contributed by atoms with Gasteiger partial charge in [-0.1, -0.05) is 32.3 Å². The molecule has 3 fully saturated rings. The van der Waals surface area contributed by atoms with E-state index < -0.39 is 20.2 Å². The van der Waals surface area contributed by atoms with Crippen molar-refractivity contribution >= 4 is 31.6 Å². The van der Waals surface area contributed by atoms with Gasteiger partial charge in [-0.15, -0.1) is 0 Å². The molecule has 2 saturated heterocycles. The van der Waals surface area contributed by atoms with Gasteiger partial charge in [0.2, 0.25) is 10.0 Å². The predicted molar refractivity (Wildman–Crippen MR) is 192 cm³/mol. The second-order valence-corrected chi connectivity index (χ2v) is 18.0. The summed E-state index contributed by atoms with van der Waals surface area (Å²) >= 11 is 0. The van der Waals surface area contributed by atoms with Crippen molar-refractivity contribution in [1.29, 1.82) is 0 Å². The van der Waals surface area contributed by atoms with Gasteiger partial charge >= 0.3 is 0 Å². The first-order valence-electron chi connectivity index (χ1n) is 17.7. The van der Waals surface area contributed by atoms with E-state index in [4.69, 9.17) is 0 Å². The fraction of sp³-hybridized carbons (Fsp3) is 0.657. The summed E-state index contributed by atoms with van der Waals surface area (Å²) in [5.41, 5.74) is 1.68. The van der Waals surface area contributed by atoms with Crippen LogP contribution < -0.4 is 9.80 Å². The topological polar surface area (TPSA) is 87.7 Å². The molecule has 1 atom stereocenters. The van der Waals surface area contributed by atoms with E-state index in [0.29, 0.717) is 45.2 Å². The second-order valence-electron chi connectivity index (χ2n) is 14.1. The van der Waals surface area contributed by atoms with Gasteiger partial charge in [-0.2, -0.15) is 21.3 Å². The van der Waals surface area contributed by atoms with Crippen LogP contribution in [0.2, 0.25) is 0 Å². The minimum Gasteiger partial charge on any atom is -0.378 e. The number of hydrogen-bond donors (Lipinski definition) is 0. The quantitative estimate of drug-likeness (QED) is 0.398. The van der Waals surface area contributed by atoms with Crippen LogP contribution in [0.25, 0.3) is 0 Å². The Morgan fingerprint density at radius 2 is 1.35 bits per heavy atom. The molecular formula is C35H55FN6O4S2. The van der Waals surface area contributed by atoms with Crippen molar-refractivity contribution in [2.75, 3.05) is 95.9 Å². The fourth-order valence-corrected chi connectivity index (χ4v) is 10.8. The van der Waals surface area contributed by atoms with E-state index in [1.807, 2.05) is 49.0 Å². The number of sulfonamides is 1. The molecule has 0 bridgehead atoms. The number of anilines is 2. The number of rotatable bonds is 8. The van der Waals surface area contributed by atoms with Crippen molar-refractivity contribution in [3.8, 4) is 0 Å². The van der Waals surface area contributed by atoms with Crippen molar-refractivity contribution in [3.63, 3.8) is 0 Å². The molecule has 2 aromatic rings. The molecule has 0 unspecified atom stereocenters. The minimum absolute atomic E-state index is 0.220. The molecule has 5 rings (SSSR count). The first kappa shape index (κ1) is 37.0. The van der Waals surface area contributed by atoms with Gasteiger partial charge in [0.15, 0.2) is 0 Å². The van der Waals surface area contributed by atoms with Crippen LogP contribution in [0, 0.1) is 17.7 Å². The lowest BCUT2D eigenvalue weighted by Gasteiger charge is -2.39. The highest BCUT2D eigenvalue weighted by Gasteiger charge is 2.35. The molecule has 1 saturated carbocycles. The van der Waals surface area contributed by atoms with Gasteiger partial charge < -0.3 is 14.7 Å². The van der Waals surface area contributed by atoms with E-state index in [9.17, 15) is 21.2 Å². The van der Waals surface area contributed by atoms with Crippen molar-refractivity contribution < 1.29 is 21.2 Å². The average Bonchev–Trinajstić information content (AvgIpc) is 3.07. The molecule has 268 valence electrons. The molecule has 13 heteroatoms. The molecule has 1 aliphatic carbocycles. The Hall–Kier alpha value is -2.29. The molecule has 48 heavy (non-hydrogen) atoms. The van der Waals surface area contributed by atoms with Crippen LogP contribution in [0.5, 0.6) is 0 Å². The Balaban J connectivity index is 1.34. The number of halogens is 1. The fourth-order valence-electron chi connectivity index (χ4n) is 7.41. The van der Waals surface area contributed by atoms with Crippen LogP contribution in [-0.4, -0.2) is 121 Å². The highest BCUT2D eigenvalue weighted by Crippen LogP contribution is 2.27. The standard InChI is InChI=1S/C35H55FN6O4S2/c1-30-27-41(47(43,44)35-16-14-33(15-17-35)37(2)3)20-8-18-38(29-31-10-5-4-6-11-31)19-9-21-42(28-30)48(45,46)40-24-22-39(23-25-40)34-13-7-12-32(36)26-34/h7,12-17,26,30-31H,4-6,8-11,18-25,27-29H2,1-3H3/t30-/m0/s1. The number of benzene rings is 2. The first-order valence-corrected chi connectivity index (χ1v) is 20.5. The Morgan fingerprint density at radius 3 is 1.98 bits per heavy atom. The zero-order valence-electron chi connectivity index (χ0n) is 29.0. The van der Waals surface area contributed by atoms with Crippen LogP contribution >= 0.6 is 0 Å². The zero-order chi connectivity index (χ0) is 34.3. The Bertz CT molecular complexity index is 1530. The van der Waals surface area contributed by atoms with E-state index in [1.165, 1.54) is 44.2 Å². The van der Waals surface area contributed by atoms with Crippen LogP contribution in [-0.2, 0) is 20.2 Å². The summed E-state index contributed by atoms with van der Waals surface area (Å²) in [5, 5.41) is 0. The summed E-state index contributed by atoms with van der Waals surface area (Å²) < 4.78 is 75.1. The van der Waals surface area contributed by atoms with Crippen molar-refractivity contribution in [2.24, 2.45) is 11.8 Å². The van der Waals surface area contributed by atoms with Gasteiger partial charge in [-0.25, -0.2) is 12.8 Å². The monoisotopic (exact) mass is 706 g/mol. The number of hydrogen-bond acceptors (Lipinski definition) is 7. The molecular weight excluding hydrogens is 652 g/mol. The Morgan fingerprint density at radius 1 is 0.729 bits per heavy atom. The molecule has 0 radical (unpaired) electrons. The van der Waals surface area contributed by atoms with Gasteiger partial charge in [0.1, 0.15) is 5.82 Å². The molecule has 10 nitrogen and oxygen atoms in total. The molecule has 0 N–H and O–H groups in total. The van der Waals surface area contributed by atoms with Gasteiger partial charge in [0.25, 0.3) is 10.2 Å².